The van der Waals surface area contributed by atoms with Gasteiger partial charge in [0.25, 0.3) is 0 Å². The smallest absolute Gasteiger partial charge is 0.238 e. The van der Waals surface area contributed by atoms with Crippen LogP contribution in [0.25, 0.3) is 0 Å². The van der Waals surface area contributed by atoms with Gasteiger partial charge in [-0.05, 0) is 30.4 Å². The molecular formula is C15H23NO3S. The van der Waals surface area contributed by atoms with Crippen LogP contribution in [0.3, 0.4) is 0 Å². The fraction of sp³-hybridized carbons (Fsp3) is 0.600. The number of para-hydroxylation sites is 1. The minimum absolute atomic E-state index is 0.241. The molecule has 0 bridgehead atoms. The zero-order chi connectivity index (χ0) is 14.8. The molecule has 0 amide bonds. The van der Waals surface area contributed by atoms with E-state index in [1.165, 1.54) is 0 Å². The second-order valence-electron chi connectivity index (χ2n) is 5.78. The number of aliphatic hydroxyl groups excluding tert-OH is 1. The molecule has 0 aromatic heterocycles. The van der Waals surface area contributed by atoms with Gasteiger partial charge in [0.2, 0.25) is 10.0 Å². The summed E-state index contributed by atoms with van der Waals surface area (Å²) in [6.45, 7) is 4.06. The third kappa shape index (κ3) is 3.33. The first kappa shape index (κ1) is 15.3. The molecule has 1 fully saturated rings. The van der Waals surface area contributed by atoms with E-state index < -0.39 is 21.4 Å². The Balaban J connectivity index is 2.24. The monoisotopic (exact) mass is 297 g/mol. The first-order valence-corrected chi connectivity index (χ1v) is 8.75. The average Bonchev–Trinajstić information content (AvgIpc) is 2.39. The van der Waals surface area contributed by atoms with E-state index in [-0.39, 0.29) is 5.92 Å². The van der Waals surface area contributed by atoms with Crippen molar-refractivity contribution in [2.45, 2.75) is 56.8 Å². The van der Waals surface area contributed by atoms with E-state index in [0.29, 0.717) is 18.5 Å². The number of benzene rings is 1. The summed E-state index contributed by atoms with van der Waals surface area (Å²) in [7, 11) is -3.54. The number of sulfonamides is 1. The van der Waals surface area contributed by atoms with E-state index in [9.17, 15) is 13.5 Å². The van der Waals surface area contributed by atoms with Crippen LogP contribution in [0.2, 0.25) is 0 Å². The number of hydrogen-bond donors (Lipinski definition) is 2. The predicted molar refractivity (Wildman–Crippen MR) is 81.3 cm³/mol. The summed E-state index contributed by atoms with van der Waals surface area (Å²) in [6, 6.07) is 7.44. The first-order chi connectivity index (χ1) is 9.42. The van der Waals surface area contributed by atoms with E-state index in [2.05, 4.69) is 4.72 Å². The van der Waals surface area contributed by atoms with Gasteiger partial charge in [-0.1, -0.05) is 44.9 Å². The average molecular weight is 297 g/mol. The molecule has 1 aliphatic rings. The molecule has 1 saturated carbocycles. The molecule has 0 spiro atoms. The van der Waals surface area contributed by atoms with Crippen molar-refractivity contribution in [3.63, 3.8) is 0 Å². The van der Waals surface area contributed by atoms with E-state index in [1.54, 1.807) is 6.07 Å². The van der Waals surface area contributed by atoms with Gasteiger partial charge in [-0.3, -0.25) is 4.72 Å². The summed E-state index contributed by atoms with van der Waals surface area (Å²) >= 11 is 0. The Morgan fingerprint density at radius 1 is 1.20 bits per heavy atom. The van der Waals surface area contributed by atoms with Gasteiger partial charge in [0.15, 0.2) is 0 Å². The summed E-state index contributed by atoms with van der Waals surface area (Å²) in [5, 5.41) is 9.24. The zero-order valence-corrected chi connectivity index (χ0v) is 12.9. The number of nitrogens with one attached hydrogen (secondary N) is 1. The molecule has 20 heavy (non-hydrogen) atoms. The maximum Gasteiger partial charge on any atom is 0.238 e. The quantitative estimate of drug-likeness (QED) is 0.898. The molecule has 0 saturated heterocycles. The molecule has 0 radical (unpaired) electrons. The summed E-state index contributed by atoms with van der Waals surface area (Å²) < 4.78 is 27.6. The molecule has 1 aliphatic carbocycles. The maximum atomic E-state index is 12.5. The van der Waals surface area contributed by atoms with Crippen LogP contribution >= 0.6 is 0 Å². The Kier molecular flexibility index (Phi) is 4.70. The van der Waals surface area contributed by atoms with Crippen molar-refractivity contribution in [1.29, 1.82) is 0 Å². The Bertz CT molecular complexity index is 554. The van der Waals surface area contributed by atoms with Crippen molar-refractivity contribution >= 4 is 15.7 Å². The molecule has 0 heterocycles. The van der Waals surface area contributed by atoms with Crippen molar-refractivity contribution in [1.82, 2.24) is 0 Å². The molecule has 1 aromatic rings. The normalized spacial score (nSPS) is 23.8. The Morgan fingerprint density at radius 3 is 2.50 bits per heavy atom. The Morgan fingerprint density at radius 2 is 1.85 bits per heavy atom. The minimum atomic E-state index is -3.54. The van der Waals surface area contributed by atoms with Gasteiger partial charge in [-0.15, -0.1) is 0 Å². The number of hydrogen-bond acceptors (Lipinski definition) is 3. The van der Waals surface area contributed by atoms with Crippen LogP contribution in [0.1, 0.15) is 51.0 Å². The van der Waals surface area contributed by atoms with Crippen LogP contribution < -0.4 is 4.72 Å². The third-order valence-electron chi connectivity index (χ3n) is 3.90. The predicted octanol–water partition coefficient (Wildman–Crippen LogP) is 2.86. The topological polar surface area (TPSA) is 66.4 Å². The van der Waals surface area contributed by atoms with Crippen LogP contribution in [0.15, 0.2) is 24.3 Å². The molecule has 5 heteroatoms. The van der Waals surface area contributed by atoms with Gasteiger partial charge in [0.05, 0.1) is 11.8 Å². The van der Waals surface area contributed by atoms with Crippen molar-refractivity contribution in [3.8, 4) is 0 Å². The van der Waals surface area contributed by atoms with Crippen molar-refractivity contribution < 1.29 is 13.5 Å². The Hall–Kier alpha value is -1.07. The number of anilines is 1. The number of rotatable bonds is 4. The molecular weight excluding hydrogens is 274 g/mol. The highest BCUT2D eigenvalue weighted by atomic mass is 32.2. The van der Waals surface area contributed by atoms with Gasteiger partial charge in [-0.25, -0.2) is 8.42 Å². The van der Waals surface area contributed by atoms with Gasteiger partial charge in [0.1, 0.15) is 5.25 Å². The summed E-state index contributed by atoms with van der Waals surface area (Å²) in [5.41, 5.74) is 1.60. The Labute approximate surface area is 121 Å². The maximum absolute atomic E-state index is 12.5. The van der Waals surface area contributed by atoms with Gasteiger partial charge < -0.3 is 5.11 Å². The van der Waals surface area contributed by atoms with Crippen molar-refractivity contribution in [2.24, 2.45) is 0 Å². The highest BCUT2D eigenvalue weighted by molar-refractivity contribution is 7.93. The third-order valence-corrected chi connectivity index (χ3v) is 5.75. The molecule has 2 unspecified atom stereocenters. The summed E-state index contributed by atoms with van der Waals surface area (Å²) in [6.07, 6.45) is 2.09. The van der Waals surface area contributed by atoms with Crippen molar-refractivity contribution in [3.05, 3.63) is 29.8 Å². The minimum Gasteiger partial charge on any atom is -0.392 e. The van der Waals surface area contributed by atoms with Crippen LogP contribution in [-0.4, -0.2) is 24.9 Å². The van der Waals surface area contributed by atoms with Gasteiger partial charge in [-0.2, -0.15) is 0 Å². The largest absolute Gasteiger partial charge is 0.392 e. The lowest BCUT2D eigenvalue weighted by Gasteiger charge is -2.28. The lowest BCUT2D eigenvalue weighted by Crippen LogP contribution is -2.40. The van der Waals surface area contributed by atoms with Crippen LogP contribution in [0.4, 0.5) is 5.69 Å². The molecule has 2 N–H and O–H groups in total. The molecule has 0 aliphatic heterocycles. The summed E-state index contributed by atoms with van der Waals surface area (Å²) in [5.74, 6) is 0.241. The lowest BCUT2D eigenvalue weighted by molar-refractivity contribution is 0.133. The standard InChI is InChI=1S/C15H23NO3S/c1-11(2)12-7-3-4-8-13(12)16-20(18,19)15-10-6-5-9-14(15)17/h3-4,7-8,11,14-17H,5-6,9-10H2,1-2H3. The van der Waals surface area contributed by atoms with Gasteiger partial charge >= 0.3 is 0 Å². The van der Waals surface area contributed by atoms with E-state index in [1.807, 2.05) is 32.0 Å². The lowest BCUT2D eigenvalue weighted by atomic mass is 9.97. The second kappa shape index (κ2) is 6.14. The van der Waals surface area contributed by atoms with E-state index >= 15 is 0 Å². The van der Waals surface area contributed by atoms with Crippen LogP contribution in [0.5, 0.6) is 0 Å². The molecule has 1 aromatic carbocycles. The highest BCUT2D eigenvalue weighted by Gasteiger charge is 2.34. The first-order valence-electron chi connectivity index (χ1n) is 7.20. The van der Waals surface area contributed by atoms with Gasteiger partial charge in [0, 0.05) is 0 Å². The molecule has 4 nitrogen and oxygen atoms in total. The summed E-state index contributed by atoms with van der Waals surface area (Å²) in [4.78, 5) is 0. The highest BCUT2D eigenvalue weighted by Crippen LogP contribution is 2.29. The van der Waals surface area contributed by atoms with Crippen molar-refractivity contribution in [2.75, 3.05) is 4.72 Å². The zero-order valence-electron chi connectivity index (χ0n) is 12.0. The molecule has 2 atom stereocenters. The molecule has 2 rings (SSSR count). The van der Waals surface area contributed by atoms with E-state index in [0.717, 1.165) is 18.4 Å². The number of aliphatic hydroxyl groups is 1. The second-order valence-corrected chi connectivity index (χ2v) is 7.68. The van der Waals surface area contributed by atoms with Crippen LogP contribution in [-0.2, 0) is 10.0 Å². The fourth-order valence-corrected chi connectivity index (χ4v) is 4.43. The fourth-order valence-electron chi connectivity index (χ4n) is 2.76. The van der Waals surface area contributed by atoms with Crippen LogP contribution in [0, 0.1) is 0 Å². The molecule has 112 valence electrons. The SMILES string of the molecule is CC(C)c1ccccc1NS(=O)(=O)C1CCCCC1O. The van der Waals surface area contributed by atoms with E-state index in [4.69, 9.17) is 0 Å².